The number of phenolic OH excluding ortho intramolecular Hbond substituents is 1. The number of phenols is 1. The average Bonchev–Trinajstić information content (AvgIpc) is 2.74. The van der Waals surface area contributed by atoms with E-state index in [4.69, 9.17) is 5.11 Å². The van der Waals surface area contributed by atoms with Gasteiger partial charge in [0.2, 0.25) is 5.91 Å². The molecule has 3 N–H and O–H groups in total. The molecule has 0 saturated carbocycles. The second kappa shape index (κ2) is 7.64. The maximum Gasteiger partial charge on any atom is 0.305 e. The minimum atomic E-state index is -1.06. The van der Waals surface area contributed by atoms with Crippen LogP contribution in [0.3, 0.4) is 0 Å². The first-order valence-electron chi connectivity index (χ1n) is 6.89. The molecule has 1 aromatic rings. The van der Waals surface area contributed by atoms with E-state index in [1.807, 2.05) is 0 Å². The molecule has 1 heterocycles. The molecule has 1 aliphatic rings. The number of nitrogens with zero attached hydrogens (tertiary/aromatic N) is 1. The van der Waals surface area contributed by atoms with E-state index < -0.39 is 29.6 Å². The highest BCUT2D eigenvalue weighted by molar-refractivity contribution is 8.18. The lowest BCUT2D eigenvalue weighted by Gasteiger charge is -2.11. The number of nitrogens with one attached hydrogen (secondary N) is 1. The number of imide groups is 1. The van der Waals surface area contributed by atoms with Crippen molar-refractivity contribution in [2.75, 3.05) is 13.1 Å². The molecule has 0 atom stereocenters. The first kappa shape index (κ1) is 17.5. The fourth-order valence-corrected chi connectivity index (χ4v) is 2.75. The molecule has 3 amide bonds. The molecule has 1 aromatic carbocycles. The number of thioether (sulfide) groups is 1. The summed E-state index contributed by atoms with van der Waals surface area (Å²) < 4.78 is 0. The van der Waals surface area contributed by atoms with Crippen molar-refractivity contribution in [3.05, 3.63) is 34.7 Å². The zero-order valence-corrected chi connectivity index (χ0v) is 13.2. The van der Waals surface area contributed by atoms with Crippen LogP contribution in [-0.4, -0.2) is 51.2 Å². The normalized spacial score (nSPS) is 15.8. The largest absolute Gasteiger partial charge is 0.508 e. The first-order valence-corrected chi connectivity index (χ1v) is 7.71. The summed E-state index contributed by atoms with van der Waals surface area (Å²) in [5, 5.41) is 19.6. The molecule has 0 unspecified atom stereocenters. The molecule has 8 nitrogen and oxygen atoms in total. The SMILES string of the molecule is O=C(O)CCNC(=O)CN1C(=O)S/C(=C\c2cccc(O)c2)C1=O. The number of carbonyl (C=O) groups is 4. The molecule has 0 aliphatic carbocycles. The Morgan fingerprint density at radius 1 is 1.29 bits per heavy atom. The van der Waals surface area contributed by atoms with E-state index in [9.17, 15) is 24.3 Å². The first-order chi connectivity index (χ1) is 11.4. The van der Waals surface area contributed by atoms with Crippen molar-refractivity contribution in [1.29, 1.82) is 0 Å². The predicted octanol–water partition coefficient (Wildman–Crippen LogP) is 1.02. The standard InChI is InChI=1S/C15H14N2O6S/c18-10-3-1-2-9(6-10)7-11-14(22)17(15(23)24-11)8-12(19)16-5-4-13(20)21/h1-3,6-7,18H,4-5,8H2,(H,16,19)(H,20,21)/b11-7-. The number of aromatic hydroxyl groups is 1. The Morgan fingerprint density at radius 2 is 2.04 bits per heavy atom. The molecule has 0 spiro atoms. The van der Waals surface area contributed by atoms with E-state index in [1.54, 1.807) is 12.1 Å². The minimum absolute atomic E-state index is 0.0285. The van der Waals surface area contributed by atoms with Gasteiger partial charge in [0.05, 0.1) is 11.3 Å². The topological polar surface area (TPSA) is 124 Å². The predicted molar refractivity (Wildman–Crippen MR) is 86.0 cm³/mol. The van der Waals surface area contributed by atoms with Gasteiger partial charge >= 0.3 is 5.97 Å². The summed E-state index contributed by atoms with van der Waals surface area (Å²) in [5.74, 6) is -2.25. The number of hydrogen-bond acceptors (Lipinski definition) is 6. The summed E-state index contributed by atoms with van der Waals surface area (Å²) in [6.45, 7) is -0.550. The molecule has 24 heavy (non-hydrogen) atoms. The fourth-order valence-electron chi connectivity index (χ4n) is 1.91. The van der Waals surface area contributed by atoms with Crippen LogP contribution in [-0.2, 0) is 14.4 Å². The molecule has 1 fully saturated rings. The number of carbonyl (C=O) groups excluding carboxylic acids is 3. The lowest BCUT2D eigenvalue weighted by molar-refractivity contribution is -0.137. The van der Waals surface area contributed by atoms with Crippen molar-refractivity contribution in [2.45, 2.75) is 6.42 Å². The van der Waals surface area contributed by atoms with Crippen LogP contribution in [0.25, 0.3) is 6.08 Å². The summed E-state index contributed by atoms with van der Waals surface area (Å²) >= 11 is 0.696. The van der Waals surface area contributed by atoms with Crippen molar-refractivity contribution < 1.29 is 29.4 Å². The number of amides is 3. The number of carboxylic acid groups (broad SMARTS) is 1. The number of hydrogen-bond donors (Lipinski definition) is 3. The second-order valence-electron chi connectivity index (χ2n) is 4.86. The van der Waals surface area contributed by atoms with Gasteiger partial charge in [-0.25, -0.2) is 0 Å². The van der Waals surface area contributed by atoms with E-state index in [1.165, 1.54) is 18.2 Å². The average molecular weight is 350 g/mol. The summed E-state index contributed by atoms with van der Waals surface area (Å²) in [4.78, 5) is 47.0. The maximum atomic E-state index is 12.2. The summed E-state index contributed by atoms with van der Waals surface area (Å²) in [7, 11) is 0. The van der Waals surface area contributed by atoms with E-state index >= 15 is 0 Å². The molecule has 0 aromatic heterocycles. The van der Waals surface area contributed by atoms with E-state index in [-0.39, 0.29) is 23.6 Å². The van der Waals surface area contributed by atoms with Crippen molar-refractivity contribution in [2.24, 2.45) is 0 Å². The van der Waals surface area contributed by atoms with E-state index in [2.05, 4.69) is 5.32 Å². The highest BCUT2D eigenvalue weighted by atomic mass is 32.2. The Labute approximate surface area is 141 Å². The van der Waals surface area contributed by atoms with Crippen LogP contribution in [0.4, 0.5) is 4.79 Å². The van der Waals surface area contributed by atoms with Gasteiger partial charge in [0.1, 0.15) is 12.3 Å². The molecule has 126 valence electrons. The Kier molecular flexibility index (Phi) is 5.59. The number of rotatable bonds is 6. The number of carboxylic acids is 1. The lowest BCUT2D eigenvalue weighted by atomic mass is 10.2. The van der Waals surface area contributed by atoms with Crippen molar-refractivity contribution in [1.82, 2.24) is 10.2 Å². The molecule has 0 radical (unpaired) electrons. The minimum Gasteiger partial charge on any atom is -0.508 e. The van der Waals surface area contributed by atoms with Crippen LogP contribution in [0, 0.1) is 0 Å². The molecule has 0 bridgehead atoms. The van der Waals surface area contributed by atoms with Gasteiger partial charge in [0.25, 0.3) is 11.1 Å². The molecule has 1 aliphatic heterocycles. The van der Waals surface area contributed by atoms with Gasteiger partial charge in [-0.2, -0.15) is 0 Å². The van der Waals surface area contributed by atoms with Crippen LogP contribution >= 0.6 is 11.8 Å². The van der Waals surface area contributed by atoms with Crippen LogP contribution < -0.4 is 5.32 Å². The third kappa shape index (κ3) is 4.59. The Hall–Kier alpha value is -2.81. The zero-order chi connectivity index (χ0) is 17.7. The van der Waals surface area contributed by atoms with Crippen LogP contribution in [0.2, 0.25) is 0 Å². The summed E-state index contributed by atoms with van der Waals surface area (Å²) in [6.07, 6.45) is 1.21. The highest BCUT2D eigenvalue weighted by Gasteiger charge is 2.36. The number of benzene rings is 1. The number of aliphatic carboxylic acids is 1. The molecule has 2 rings (SSSR count). The van der Waals surface area contributed by atoms with Gasteiger partial charge in [0.15, 0.2) is 0 Å². The van der Waals surface area contributed by atoms with Crippen molar-refractivity contribution in [3.63, 3.8) is 0 Å². The van der Waals surface area contributed by atoms with E-state index in [0.717, 1.165) is 4.90 Å². The lowest BCUT2D eigenvalue weighted by Crippen LogP contribution is -2.40. The third-order valence-electron chi connectivity index (χ3n) is 3.00. The van der Waals surface area contributed by atoms with Crippen LogP contribution in [0.1, 0.15) is 12.0 Å². The van der Waals surface area contributed by atoms with Crippen molar-refractivity contribution >= 4 is 40.9 Å². The molecular weight excluding hydrogens is 336 g/mol. The van der Waals surface area contributed by atoms with Gasteiger partial charge in [0, 0.05) is 6.54 Å². The van der Waals surface area contributed by atoms with E-state index in [0.29, 0.717) is 17.3 Å². The zero-order valence-electron chi connectivity index (χ0n) is 12.4. The highest BCUT2D eigenvalue weighted by Crippen LogP contribution is 2.32. The van der Waals surface area contributed by atoms with Crippen LogP contribution in [0.5, 0.6) is 5.75 Å². The third-order valence-corrected chi connectivity index (χ3v) is 3.91. The summed E-state index contributed by atoms with van der Waals surface area (Å²) in [6, 6.07) is 6.17. The molecule has 9 heteroatoms. The van der Waals surface area contributed by atoms with Gasteiger partial charge in [-0.05, 0) is 35.5 Å². The van der Waals surface area contributed by atoms with Crippen molar-refractivity contribution in [3.8, 4) is 5.75 Å². The van der Waals surface area contributed by atoms with Gasteiger partial charge in [-0.15, -0.1) is 0 Å². The smallest absolute Gasteiger partial charge is 0.305 e. The Morgan fingerprint density at radius 3 is 2.71 bits per heavy atom. The summed E-state index contributed by atoms with van der Waals surface area (Å²) in [5.41, 5.74) is 0.548. The monoisotopic (exact) mass is 350 g/mol. The molecular formula is C15H14N2O6S. The van der Waals surface area contributed by atoms with Crippen LogP contribution in [0.15, 0.2) is 29.2 Å². The maximum absolute atomic E-state index is 12.2. The second-order valence-corrected chi connectivity index (χ2v) is 5.85. The van der Waals surface area contributed by atoms with Gasteiger partial charge in [-0.1, -0.05) is 12.1 Å². The van der Waals surface area contributed by atoms with Gasteiger partial charge < -0.3 is 15.5 Å². The fraction of sp³-hybridized carbons (Fsp3) is 0.200. The molecule has 1 saturated heterocycles. The van der Waals surface area contributed by atoms with Gasteiger partial charge in [-0.3, -0.25) is 24.1 Å². The Balaban J connectivity index is 2.01. The quantitative estimate of drug-likeness (QED) is 0.654. The Bertz CT molecular complexity index is 730.